The average molecular weight is 300 g/mol. The molecule has 3 aromatic rings. The van der Waals surface area contributed by atoms with E-state index in [-0.39, 0.29) is 0 Å². The summed E-state index contributed by atoms with van der Waals surface area (Å²) in [7, 11) is 1.71. The van der Waals surface area contributed by atoms with Crippen LogP contribution in [-0.2, 0) is 6.54 Å². The molecule has 0 atom stereocenters. The summed E-state index contributed by atoms with van der Waals surface area (Å²) in [5, 5.41) is 11.7. The number of halogens is 1. The number of nitrogens with zero attached hydrogens (tertiary/aromatic N) is 4. The normalized spacial score (nSPS) is 11.3. The van der Waals surface area contributed by atoms with E-state index in [0.717, 1.165) is 28.6 Å². The van der Waals surface area contributed by atoms with Gasteiger partial charge >= 0.3 is 0 Å². The molecule has 6 heteroatoms. The maximum atomic E-state index is 5.92. The Labute approximate surface area is 127 Å². The first-order valence-electron chi connectivity index (χ1n) is 6.51. The molecule has 0 fully saturated rings. The number of aromatic amines is 1. The van der Waals surface area contributed by atoms with Crippen LogP contribution in [0.25, 0.3) is 11.4 Å². The predicted molar refractivity (Wildman–Crippen MR) is 83.9 cm³/mol. The molecule has 3 rings (SSSR count). The highest BCUT2D eigenvalue weighted by molar-refractivity contribution is 6.30. The molecule has 2 heterocycles. The van der Waals surface area contributed by atoms with Crippen LogP contribution in [0.5, 0.6) is 0 Å². The Bertz CT molecular complexity index is 754. The van der Waals surface area contributed by atoms with Gasteiger partial charge in [0.1, 0.15) is 11.4 Å². The number of aromatic nitrogens is 4. The molecule has 0 spiro atoms. The number of hydrogen-bond acceptors (Lipinski definition) is 3. The zero-order chi connectivity index (χ0) is 14.7. The second kappa shape index (κ2) is 5.93. The number of H-pyrrole nitrogens is 1. The fourth-order valence-corrected chi connectivity index (χ4v) is 2.32. The number of benzene rings is 1. The van der Waals surface area contributed by atoms with E-state index < -0.39 is 0 Å². The van der Waals surface area contributed by atoms with Crippen molar-refractivity contribution in [2.45, 2.75) is 6.54 Å². The lowest BCUT2D eigenvalue weighted by atomic mass is 10.2. The highest BCUT2D eigenvalue weighted by Gasteiger charge is 2.12. The van der Waals surface area contributed by atoms with Crippen molar-refractivity contribution < 1.29 is 0 Å². The third-order valence-corrected chi connectivity index (χ3v) is 3.42. The van der Waals surface area contributed by atoms with E-state index in [2.05, 4.69) is 25.0 Å². The van der Waals surface area contributed by atoms with Gasteiger partial charge in [-0.3, -0.25) is 4.99 Å². The van der Waals surface area contributed by atoms with E-state index >= 15 is 0 Å². The van der Waals surface area contributed by atoms with Crippen molar-refractivity contribution in [3.63, 3.8) is 0 Å². The van der Waals surface area contributed by atoms with Crippen LogP contribution in [0.4, 0.5) is 0 Å². The molecule has 2 aromatic heterocycles. The Morgan fingerprint density at radius 2 is 2.05 bits per heavy atom. The third-order valence-electron chi connectivity index (χ3n) is 3.16. The van der Waals surface area contributed by atoms with Gasteiger partial charge in [0, 0.05) is 24.8 Å². The molecule has 5 nitrogen and oxygen atoms in total. The number of rotatable bonds is 4. The van der Waals surface area contributed by atoms with Crippen molar-refractivity contribution in [1.82, 2.24) is 20.0 Å². The Kier molecular flexibility index (Phi) is 3.83. The van der Waals surface area contributed by atoms with Crippen LogP contribution in [0.15, 0.2) is 47.6 Å². The van der Waals surface area contributed by atoms with E-state index in [1.165, 1.54) is 5.56 Å². The van der Waals surface area contributed by atoms with Gasteiger partial charge in [0.25, 0.3) is 0 Å². The summed E-state index contributed by atoms with van der Waals surface area (Å²) in [6, 6.07) is 11.8. The summed E-state index contributed by atoms with van der Waals surface area (Å²) in [5.74, 6) is 0. The molecule has 106 valence electrons. The largest absolute Gasteiger partial charge is 0.342 e. The van der Waals surface area contributed by atoms with Crippen LogP contribution >= 0.6 is 11.6 Å². The molecule has 0 bridgehead atoms. The lowest BCUT2D eigenvalue weighted by Crippen LogP contribution is -2.01. The van der Waals surface area contributed by atoms with Crippen LogP contribution in [0, 0.1) is 0 Å². The zero-order valence-electron chi connectivity index (χ0n) is 11.5. The Balaban J connectivity index is 1.93. The summed E-state index contributed by atoms with van der Waals surface area (Å²) < 4.78 is 2.12. The van der Waals surface area contributed by atoms with Crippen LogP contribution in [0.1, 0.15) is 11.3 Å². The molecule has 0 saturated carbocycles. The van der Waals surface area contributed by atoms with Crippen molar-refractivity contribution in [2.75, 3.05) is 7.05 Å². The third kappa shape index (κ3) is 2.87. The van der Waals surface area contributed by atoms with Gasteiger partial charge in [-0.15, -0.1) is 0 Å². The minimum Gasteiger partial charge on any atom is -0.342 e. The predicted octanol–water partition coefficient (Wildman–Crippen LogP) is 3.02. The quantitative estimate of drug-likeness (QED) is 0.753. The van der Waals surface area contributed by atoms with Crippen LogP contribution in [0.3, 0.4) is 0 Å². The minimum atomic E-state index is 0.730. The summed E-state index contributed by atoms with van der Waals surface area (Å²) in [6.45, 7) is 0.745. The summed E-state index contributed by atoms with van der Waals surface area (Å²) in [5.41, 5.74) is 3.69. The van der Waals surface area contributed by atoms with Gasteiger partial charge in [-0.05, 0) is 29.8 Å². The topological polar surface area (TPSA) is 58.9 Å². The first kappa shape index (κ1) is 13.6. The molecule has 0 saturated heterocycles. The van der Waals surface area contributed by atoms with Crippen molar-refractivity contribution in [1.29, 1.82) is 0 Å². The van der Waals surface area contributed by atoms with Crippen molar-refractivity contribution in [3.8, 4) is 11.4 Å². The fraction of sp³-hybridized carbons (Fsp3) is 0.133. The molecule has 0 amide bonds. The van der Waals surface area contributed by atoms with Crippen LogP contribution in [0.2, 0.25) is 5.02 Å². The molecule has 1 N–H and O–H groups in total. The number of aliphatic imine (C=N–C) groups is 1. The van der Waals surface area contributed by atoms with E-state index in [9.17, 15) is 0 Å². The van der Waals surface area contributed by atoms with Crippen molar-refractivity contribution in [3.05, 3.63) is 58.9 Å². The maximum absolute atomic E-state index is 5.92. The van der Waals surface area contributed by atoms with Gasteiger partial charge in [-0.25, -0.2) is 0 Å². The van der Waals surface area contributed by atoms with Crippen molar-refractivity contribution >= 4 is 17.8 Å². The molecule has 0 radical (unpaired) electrons. The Hall–Kier alpha value is -2.40. The van der Waals surface area contributed by atoms with Gasteiger partial charge in [-0.1, -0.05) is 23.7 Å². The fourth-order valence-electron chi connectivity index (χ4n) is 2.19. The monoisotopic (exact) mass is 299 g/mol. The van der Waals surface area contributed by atoms with Gasteiger partial charge in [0.05, 0.1) is 11.9 Å². The first-order chi connectivity index (χ1) is 10.3. The first-order valence-corrected chi connectivity index (χ1v) is 6.88. The van der Waals surface area contributed by atoms with Crippen LogP contribution < -0.4 is 0 Å². The Morgan fingerprint density at radius 3 is 2.81 bits per heavy atom. The SMILES string of the molecule is CN=Cc1n[nH]nc1-c1cccn1Cc1ccc(Cl)cc1. The summed E-state index contributed by atoms with van der Waals surface area (Å²) in [6.07, 6.45) is 3.71. The second-order valence-electron chi connectivity index (χ2n) is 4.59. The highest BCUT2D eigenvalue weighted by atomic mass is 35.5. The number of nitrogens with one attached hydrogen (secondary N) is 1. The van der Waals surface area contributed by atoms with Gasteiger partial charge in [-0.2, -0.15) is 15.4 Å². The molecule has 0 unspecified atom stereocenters. The van der Waals surface area contributed by atoms with E-state index in [1.54, 1.807) is 13.3 Å². The van der Waals surface area contributed by atoms with Crippen molar-refractivity contribution in [2.24, 2.45) is 4.99 Å². The summed E-state index contributed by atoms with van der Waals surface area (Å²) >= 11 is 5.92. The Morgan fingerprint density at radius 1 is 1.24 bits per heavy atom. The van der Waals surface area contributed by atoms with E-state index in [0.29, 0.717) is 0 Å². The molecule has 0 aliphatic heterocycles. The molecule has 0 aliphatic rings. The van der Waals surface area contributed by atoms with Gasteiger partial charge in [0.15, 0.2) is 0 Å². The molecule has 21 heavy (non-hydrogen) atoms. The van der Waals surface area contributed by atoms with Gasteiger partial charge < -0.3 is 4.57 Å². The standard InChI is InChI=1S/C15H14ClN5/c1-17-9-13-15(19-20-18-13)14-3-2-8-21(14)10-11-4-6-12(16)7-5-11/h2-9H,10H2,1H3,(H,18,19,20). The van der Waals surface area contributed by atoms with E-state index in [1.807, 2.05) is 42.6 Å². The van der Waals surface area contributed by atoms with Gasteiger partial charge in [0.2, 0.25) is 0 Å². The van der Waals surface area contributed by atoms with E-state index in [4.69, 9.17) is 11.6 Å². The second-order valence-corrected chi connectivity index (χ2v) is 5.03. The maximum Gasteiger partial charge on any atom is 0.138 e. The van der Waals surface area contributed by atoms with Crippen LogP contribution in [-0.4, -0.2) is 33.2 Å². The smallest absolute Gasteiger partial charge is 0.138 e. The lowest BCUT2D eigenvalue weighted by Gasteiger charge is -2.08. The summed E-state index contributed by atoms with van der Waals surface area (Å²) in [4.78, 5) is 4.00. The lowest BCUT2D eigenvalue weighted by molar-refractivity contribution is 0.810. The molecule has 0 aliphatic carbocycles. The molecule has 1 aromatic carbocycles. The zero-order valence-corrected chi connectivity index (χ0v) is 12.2. The minimum absolute atomic E-state index is 0.730. The highest BCUT2D eigenvalue weighted by Crippen LogP contribution is 2.21. The number of hydrogen-bond donors (Lipinski definition) is 1. The molecular formula is C15H14ClN5. The average Bonchev–Trinajstić information content (AvgIpc) is 3.10. The molecular weight excluding hydrogens is 286 g/mol.